The number of nitrogens with zero attached hydrogens (tertiary/aromatic N) is 1. The molecule has 1 aromatic heterocycles. The number of carbonyl (C=O) groups excluding carboxylic acids is 1. The van der Waals surface area contributed by atoms with Gasteiger partial charge in [-0.05, 0) is 29.8 Å². The largest absolute Gasteiger partial charge is 0.341 e. The van der Waals surface area contributed by atoms with Gasteiger partial charge < -0.3 is 4.57 Å². The molecule has 0 radical (unpaired) electrons. The van der Waals surface area contributed by atoms with Gasteiger partial charge in [-0.25, -0.2) is 0 Å². The average molecular weight is 234 g/mol. The van der Waals surface area contributed by atoms with Crippen LogP contribution in [-0.4, -0.2) is 10.4 Å². The van der Waals surface area contributed by atoms with Crippen LogP contribution >= 0.6 is 11.6 Å². The van der Waals surface area contributed by atoms with Crippen LogP contribution in [0.25, 0.3) is 0 Å². The average Bonchev–Trinajstić information content (AvgIpc) is 2.66. The molecule has 0 aliphatic heterocycles. The van der Waals surface area contributed by atoms with Crippen LogP contribution < -0.4 is 0 Å². The van der Waals surface area contributed by atoms with Gasteiger partial charge in [0, 0.05) is 24.7 Å². The number of hydrogen-bond donors (Lipinski definition) is 0. The molecule has 3 heteroatoms. The molecule has 16 heavy (non-hydrogen) atoms. The van der Waals surface area contributed by atoms with E-state index < -0.39 is 0 Å². The molecular formula is C13H12ClNO. The van der Waals surface area contributed by atoms with Gasteiger partial charge >= 0.3 is 0 Å². The molecule has 0 fully saturated rings. The van der Waals surface area contributed by atoms with Gasteiger partial charge in [-0.3, -0.25) is 4.79 Å². The number of Topliss-reactive ketones (excluding diaryl/α,β-unsaturated/α-hetero) is 1. The second kappa shape index (κ2) is 4.54. The van der Waals surface area contributed by atoms with Crippen molar-refractivity contribution < 1.29 is 4.79 Å². The maximum absolute atomic E-state index is 11.3. The monoisotopic (exact) mass is 233 g/mol. The summed E-state index contributed by atoms with van der Waals surface area (Å²) in [5, 5.41) is 0.717. The highest BCUT2D eigenvalue weighted by Crippen LogP contribution is 2.13. The lowest BCUT2D eigenvalue weighted by atomic mass is 10.2. The first-order valence-electron chi connectivity index (χ1n) is 5.07. The topological polar surface area (TPSA) is 22.0 Å². The standard InChI is InChI=1S/C13H12ClNO/c1-10(16)13-6-3-7-15(13)9-11-4-2-5-12(14)8-11/h2-8H,9H2,1H3. The highest BCUT2D eigenvalue weighted by atomic mass is 35.5. The smallest absolute Gasteiger partial charge is 0.176 e. The van der Waals surface area contributed by atoms with Crippen LogP contribution in [0.15, 0.2) is 42.6 Å². The normalized spacial score (nSPS) is 10.4. The zero-order valence-corrected chi connectivity index (χ0v) is 9.74. The molecule has 2 aromatic rings. The fourth-order valence-corrected chi connectivity index (χ4v) is 1.92. The van der Waals surface area contributed by atoms with E-state index >= 15 is 0 Å². The Hall–Kier alpha value is -1.54. The summed E-state index contributed by atoms with van der Waals surface area (Å²) < 4.78 is 1.92. The number of aromatic nitrogens is 1. The van der Waals surface area contributed by atoms with E-state index in [2.05, 4.69) is 0 Å². The van der Waals surface area contributed by atoms with E-state index in [1.807, 2.05) is 47.2 Å². The van der Waals surface area contributed by atoms with Crippen molar-refractivity contribution in [1.29, 1.82) is 0 Å². The first-order chi connectivity index (χ1) is 7.66. The predicted molar refractivity (Wildman–Crippen MR) is 65.0 cm³/mol. The van der Waals surface area contributed by atoms with Crippen molar-refractivity contribution >= 4 is 17.4 Å². The van der Waals surface area contributed by atoms with Crippen LogP contribution in [0.4, 0.5) is 0 Å². The summed E-state index contributed by atoms with van der Waals surface area (Å²) in [6.07, 6.45) is 1.90. The molecule has 0 atom stereocenters. The third kappa shape index (κ3) is 2.34. The molecule has 1 aromatic carbocycles. The molecule has 0 saturated carbocycles. The molecule has 2 nitrogen and oxygen atoms in total. The van der Waals surface area contributed by atoms with E-state index in [1.54, 1.807) is 6.92 Å². The fourth-order valence-electron chi connectivity index (χ4n) is 1.70. The first-order valence-corrected chi connectivity index (χ1v) is 5.45. The summed E-state index contributed by atoms with van der Waals surface area (Å²) >= 11 is 5.91. The number of hydrogen-bond acceptors (Lipinski definition) is 1. The third-order valence-corrected chi connectivity index (χ3v) is 2.67. The Morgan fingerprint density at radius 2 is 2.12 bits per heavy atom. The van der Waals surface area contributed by atoms with Crippen LogP contribution in [0.1, 0.15) is 23.0 Å². The van der Waals surface area contributed by atoms with Crippen LogP contribution in [0.3, 0.4) is 0 Å². The molecule has 0 spiro atoms. The Bertz CT molecular complexity index is 516. The van der Waals surface area contributed by atoms with E-state index in [-0.39, 0.29) is 5.78 Å². The van der Waals surface area contributed by atoms with Crippen molar-refractivity contribution in [3.8, 4) is 0 Å². The zero-order valence-electron chi connectivity index (χ0n) is 8.98. The van der Waals surface area contributed by atoms with Gasteiger partial charge in [0.25, 0.3) is 0 Å². The van der Waals surface area contributed by atoms with Gasteiger partial charge in [0.15, 0.2) is 5.78 Å². The maximum atomic E-state index is 11.3. The number of carbonyl (C=O) groups is 1. The second-order valence-corrected chi connectivity index (χ2v) is 4.14. The van der Waals surface area contributed by atoms with Gasteiger partial charge in [-0.15, -0.1) is 0 Å². The highest BCUT2D eigenvalue weighted by molar-refractivity contribution is 6.30. The Labute approximate surface area is 99.5 Å². The Morgan fingerprint density at radius 3 is 2.81 bits per heavy atom. The molecule has 0 unspecified atom stereocenters. The first kappa shape index (κ1) is 11.0. The minimum atomic E-state index is 0.0760. The fraction of sp³-hybridized carbons (Fsp3) is 0.154. The van der Waals surface area contributed by atoms with E-state index in [0.717, 1.165) is 11.3 Å². The molecule has 0 amide bonds. The summed E-state index contributed by atoms with van der Waals surface area (Å²) in [5.74, 6) is 0.0760. The van der Waals surface area contributed by atoms with Gasteiger partial charge in [0.05, 0.1) is 5.69 Å². The van der Waals surface area contributed by atoms with Crippen molar-refractivity contribution in [1.82, 2.24) is 4.57 Å². The van der Waals surface area contributed by atoms with Crippen LogP contribution in [0.5, 0.6) is 0 Å². The molecule has 2 rings (SSSR count). The van der Waals surface area contributed by atoms with Gasteiger partial charge in [-0.2, -0.15) is 0 Å². The van der Waals surface area contributed by atoms with Gasteiger partial charge in [0.1, 0.15) is 0 Å². The maximum Gasteiger partial charge on any atom is 0.176 e. The van der Waals surface area contributed by atoms with Crippen LogP contribution in [0, 0.1) is 0 Å². The lowest BCUT2D eigenvalue weighted by Gasteiger charge is -2.07. The van der Waals surface area contributed by atoms with E-state index in [1.165, 1.54) is 0 Å². The van der Waals surface area contributed by atoms with Crippen molar-refractivity contribution in [3.63, 3.8) is 0 Å². The molecule has 0 saturated heterocycles. The quantitative estimate of drug-likeness (QED) is 0.745. The van der Waals surface area contributed by atoms with Gasteiger partial charge in [0.2, 0.25) is 0 Å². The Morgan fingerprint density at radius 1 is 1.31 bits per heavy atom. The minimum absolute atomic E-state index is 0.0760. The van der Waals surface area contributed by atoms with Gasteiger partial charge in [-0.1, -0.05) is 23.7 Å². The number of halogens is 1. The minimum Gasteiger partial charge on any atom is -0.341 e. The van der Waals surface area contributed by atoms with Crippen LogP contribution in [-0.2, 0) is 6.54 Å². The van der Waals surface area contributed by atoms with Crippen molar-refractivity contribution in [2.45, 2.75) is 13.5 Å². The number of ketones is 1. The number of rotatable bonds is 3. The predicted octanol–water partition coefficient (Wildman–Crippen LogP) is 3.39. The molecular weight excluding hydrogens is 222 g/mol. The highest BCUT2D eigenvalue weighted by Gasteiger charge is 2.05. The van der Waals surface area contributed by atoms with Crippen molar-refractivity contribution in [3.05, 3.63) is 58.9 Å². The van der Waals surface area contributed by atoms with Crippen LogP contribution in [0.2, 0.25) is 5.02 Å². The Kier molecular flexibility index (Phi) is 3.11. The summed E-state index contributed by atoms with van der Waals surface area (Å²) in [6.45, 7) is 2.24. The summed E-state index contributed by atoms with van der Waals surface area (Å²) in [4.78, 5) is 11.3. The molecule has 0 N–H and O–H groups in total. The molecule has 0 aliphatic rings. The summed E-state index contributed by atoms with van der Waals surface area (Å²) in [6, 6.07) is 11.4. The van der Waals surface area contributed by atoms with E-state index in [4.69, 9.17) is 11.6 Å². The second-order valence-electron chi connectivity index (χ2n) is 3.71. The SMILES string of the molecule is CC(=O)c1cccn1Cc1cccc(Cl)c1. The molecule has 82 valence electrons. The number of benzene rings is 1. The summed E-state index contributed by atoms with van der Waals surface area (Å²) in [7, 11) is 0. The lowest BCUT2D eigenvalue weighted by molar-refractivity contribution is 0.100. The molecule has 0 bridgehead atoms. The van der Waals surface area contributed by atoms with Crippen molar-refractivity contribution in [2.75, 3.05) is 0 Å². The molecule has 1 heterocycles. The van der Waals surface area contributed by atoms with E-state index in [9.17, 15) is 4.79 Å². The summed E-state index contributed by atoms with van der Waals surface area (Å²) in [5.41, 5.74) is 1.81. The van der Waals surface area contributed by atoms with Crippen molar-refractivity contribution in [2.24, 2.45) is 0 Å². The Balaban J connectivity index is 2.27. The van der Waals surface area contributed by atoms with E-state index in [0.29, 0.717) is 11.6 Å². The molecule has 0 aliphatic carbocycles. The lowest BCUT2D eigenvalue weighted by Crippen LogP contribution is -2.06. The third-order valence-electron chi connectivity index (χ3n) is 2.43. The zero-order chi connectivity index (χ0) is 11.5.